The number of carboxylic acid groups (broad SMARTS) is 1. The maximum absolute atomic E-state index is 10.8. The van der Waals surface area contributed by atoms with Gasteiger partial charge in [-0.2, -0.15) is 0 Å². The van der Waals surface area contributed by atoms with Crippen LogP contribution in [0.3, 0.4) is 0 Å². The Bertz CT molecular complexity index is 372. The van der Waals surface area contributed by atoms with Crippen molar-refractivity contribution in [1.82, 2.24) is 0 Å². The molecular formula is C9H11BO3. The lowest BCUT2D eigenvalue weighted by atomic mass is 9.85. The van der Waals surface area contributed by atoms with Crippen LogP contribution in [0.4, 0.5) is 0 Å². The molecule has 0 bridgehead atoms. The van der Waals surface area contributed by atoms with Gasteiger partial charge in [0.15, 0.2) is 0 Å². The van der Waals surface area contributed by atoms with E-state index in [2.05, 4.69) is 0 Å². The molecule has 0 aliphatic heterocycles. The van der Waals surface area contributed by atoms with Crippen LogP contribution in [0.2, 0.25) is 0 Å². The van der Waals surface area contributed by atoms with Gasteiger partial charge in [0, 0.05) is 0 Å². The molecule has 0 atom stereocenters. The van der Waals surface area contributed by atoms with E-state index in [-0.39, 0.29) is 11.3 Å². The summed E-state index contributed by atoms with van der Waals surface area (Å²) in [6.45, 7) is 3.48. The van der Waals surface area contributed by atoms with Crippen molar-refractivity contribution < 1.29 is 15.0 Å². The highest BCUT2D eigenvalue weighted by atomic mass is 16.4. The molecule has 2 N–H and O–H groups in total. The van der Waals surface area contributed by atoms with Gasteiger partial charge in [0.25, 0.3) is 0 Å². The lowest BCUT2D eigenvalue weighted by molar-refractivity contribution is 0.0697. The number of benzene rings is 1. The monoisotopic (exact) mass is 178 g/mol. The highest BCUT2D eigenvalue weighted by Gasteiger charge is 2.14. The number of aromatic carboxylic acids is 1. The van der Waals surface area contributed by atoms with Gasteiger partial charge in [0.05, 0.1) is 5.56 Å². The molecular weight excluding hydrogens is 167 g/mol. The summed E-state index contributed by atoms with van der Waals surface area (Å²) in [6.07, 6.45) is 0. The van der Waals surface area contributed by atoms with Crippen LogP contribution in [0.5, 0.6) is 5.75 Å². The minimum atomic E-state index is -0.995. The standard InChI is InChI=1S/C9H11BO3/c1-4-3-5(2)8(11)7(10)6(4)9(12)13/h3,11H,10H2,1-2H3,(H,12,13). The Labute approximate surface area is 77.4 Å². The number of phenols is 1. The van der Waals surface area contributed by atoms with Crippen LogP contribution in [-0.4, -0.2) is 24.0 Å². The summed E-state index contributed by atoms with van der Waals surface area (Å²) in [5.74, 6) is -0.923. The Hall–Kier alpha value is -1.45. The number of aromatic hydroxyl groups is 1. The minimum absolute atomic E-state index is 0.0722. The third-order valence-corrected chi connectivity index (χ3v) is 2.14. The lowest BCUT2D eigenvalue weighted by Crippen LogP contribution is -2.18. The van der Waals surface area contributed by atoms with E-state index in [9.17, 15) is 9.90 Å². The van der Waals surface area contributed by atoms with Crippen molar-refractivity contribution in [3.63, 3.8) is 0 Å². The number of carboxylic acids is 1. The average Bonchev–Trinajstić information content (AvgIpc) is 1.99. The van der Waals surface area contributed by atoms with Crippen LogP contribution in [0, 0.1) is 13.8 Å². The quantitative estimate of drug-likeness (QED) is 0.593. The predicted octanol–water partition coefficient (Wildman–Crippen LogP) is -0.0344. The molecule has 0 fully saturated rings. The van der Waals surface area contributed by atoms with E-state index in [1.54, 1.807) is 27.8 Å². The molecule has 0 saturated carbocycles. The van der Waals surface area contributed by atoms with Gasteiger partial charge in [0.2, 0.25) is 0 Å². The number of hydrogen-bond donors (Lipinski definition) is 2. The summed E-state index contributed by atoms with van der Waals surface area (Å²) in [6, 6.07) is 1.67. The first-order valence-corrected chi connectivity index (χ1v) is 3.98. The highest BCUT2D eigenvalue weighted by molar-refractivity contribution is 6.38. The molecule has 0 aliphatic rings. The highest BCUT2D eigenvalue weighted by Crippen LogP contribution is 2.17. The molecule has 13 heavy (non-hydrogen) atoms. The maximum Gasteiger partial charge on any atom is 0.335 e. The zero-order valence-electron chi connectivity index (χ0n) is 7.88. The molecule has 0 aliphatic carbocycles. The molecule has 0 aromatic heterocycles. The fraction of sp³-hybridized carbons (Fsp3) is 0.222. The van der Waals surface area contributed by atoms with Crippen molar-refractivity contribution in [2.24, 2.45) is 0 Å². The molecule has 1 aromatic carbocycles. The van der Waals surface area contributed by atoms with E-state index >= 15 is 0 Å². The summed E-state index contributed by atoms with van der Waals surface area (Å²) in [5.41, 5.74) is 2.02. The van der Waals surface area contributed by atoms with Gasteiger partial charge in [-0.05, 0) is 30.4 Å². The number of hydrogen-bond acceptors (Lipinski definition) is 2. The van der Waals surface area contributed by atoms with Crippen molar-refractivity contribution in [3.8, 4) is 5.75 Å². The van der Waals surface area contributed by atoms with Gasteiger partial charge in [-0.3, -0.25) is 0 Å². The van der Waals surface area contributed by atoms with E-state index in [1.165, 1.54) is 0 Å². The van der Waals surface area contributed by atoms with E-state index in [4.69, 9.17) is 5.11 Å². The molecule has 0 saturated heterocycles. The van der Waals surface area contributed by atoms with E-state index < -0.39 is 5.97 Å². The summed E-state index contributed by atoms with van der Waals surface area (Å²) in [7, 11) is 1.61. The molecule has 4 heteroatoms. The van der Waals surface area contributed by atoms with Crippen LogP contribution in [0.1, 0.15) is 21.5 Å². The van der Waals surface area contributed by atoms with Crippen molar-refractivity contribution in [1.29, 1.82) is 0 Å². The first-order valence-electron chi connectivity index (χ1n) is 3.98. The molecule has 68 valence electrons. The summed E-state index contributed by atoms with van der Waals surface area (Å²) in [5, 5.41) is 18.3. The topological polar surface area (TPSA) is 57.5 Å². The van der Waals surface area contributed by atoms with E-state index in [0.717, 1.165) is 0 Å². The van der Waals surface area contributed by atoms with Crippen LogP contribution in [-0.2, 0) is 0 Å². The Morgan fingerprint density at radius 1 is 1.38 bits per heavy atom. The number of phenolic OH excluding ortho intramolecular Hbond substituents is 1. The normalized spacial score (nSPS) is 10.0. The minimum Gasteiger partial charge on any atom is -0.508 e. The van der Waals surface area contributed by atoms with Crippen molar-refractivity contribution in [2.45, 2.75) is 13.8 Å². The third-order valence-electron chi connectivity index (χ3n) is 2.14. The van der Waals surface area contributed by atoms with E-state index in [0.29, 0.717) is 16.6 Å². The zero-order valence-corrected chi connectivity index (χ0v) is 7.88. The molecule has 1 aromatic rings. The summed E-state index contributed by atoms with van der Waals surface area (Å²) in [4.78, 5) is 10.8. The van der Waals surface area contributed by atoms with Gasteiger partial charge in [-0.25, -0.2) is 4.79 Å². The predicted molar refractivity (Wildman–Crippen MR) is 52.7 cm³/mol. The van der Waals surface area contributed by atoms with Crippen molar-refractivity contribution in [2.75, 3.05) is 0 Å². The maximum atomic E-state index is 10.8. The van der Waals surface area contributed by atoms with Crippen LogP contribution in [0.25, 0.3) is 0 Å². The van der Waals surface area contributed by atoms with E-state index in [1.807, 2.05) is 0 Å². The fourth-order valence-corrected chi connectivity index (χ4v) is 1.50. The average molecular weight is 178 g/mol. The summed E-state index contributed by atoms with van der Waals surface area (Å²) >= 11 is 0. The first kappa shape index (κ1) is 9.64. The molecule has 1 rings (SSSR count). The van der Waals surface area contributed by atoms with Gasteiger partial charge in [0.1, 0.15) is 13.6 Å². The molecule has 0 amide bonds. The third kappa shape index (κ3) is 1.52. The van der Waals surface area contributed by atoms with Gasteiger partial charge in [-0.15, -0.1) is 0 Å². The Balaban J connectivity index is 3.53. The van der Waals surface area contributed by atoms with Crippen molar-refractivity contribution in [3.05, 3.63) is 22.8 Å². The van der Waals surface area contributed by atoms with Gasteiger partial charge in [-0.1, -0.05) is 6.07 Å². The molecule has 0 unspecified atom stereocenters. The molecule has 0 radical (unpaired) electrons. The smallest absolute Gasteiger partial charge is 0.335 e. The first-order chi connectivity index (χ1) is 5.95. The molecule has 3 nitrogen and oxygen atoms in total. The van der Waals surface area contributed by atoms with Crippen LogP contribution < -0.4 is 5.46 Å². The Morgan fingerprint density at radius 3 is 2.38 bits per heavy atom. The second kappa shape index (κ2) is 3.13. The van der Waals surface area contributed by atoms with Crippen LogP contribution >= 0.6 is 0 Å². The molecule has 0 heterocycles. The Morgan fingerprint density at radius 2 is 1.92 bits per heavy atom. The summed E-state index contributed by atoms with van der Waals surface area (Å²) < 4.78 is 0. The largest absolute Gasteiger partial charge is 0.508 e. The van der Waals surface area contributed by atoms with Crippen LogP contribution in [0.15, 0.2) is 6.07 Å². The number of carbonyl (C=O) groups is 1. The second-order valence-corrected chi connectivity index (χ2v) is 3.16. The number of aryl methyl sites for hydroxylation is 2. The van der Waals surface area contributed by atoms with Crippen molar-refractivity contribution >= 4 is 19.3 Å². The van der Waals surface area contributed by atoms with Gasteiger partial charge < -0.3 is 10.2 Å². The fourth-order valence-electron chi connectivity index (χ4n) is 1.50. The number of rotatable bonds is 1. The van der Waals surface area contributed by atoms with Gasteiger partial charge >= 0.3 is 5.97 Å². The molecule has 0 spiro atoms. The second-order valence-electron chi connectivity index (χ2n) is 3.16. The lowest BCUT2D eigenvalue weighted by Gasteiger charge is -2.09. The Kier molecular flexibility index (Phi) is 2.32. The SMILES string of the molecule is Bc1c(O)c(C)cc(C)c1C(=O)O. The zero-order chi connectivity index (χ0) is 10.2.